The molecule has 0 aliphatic rings. The highest BCUT2D eigenvalue weighted by Crippen LogP contribution is 2.18. The highest BCUT2D eigenvalue weighted by molar-refractivity contribution is 14.0. The Morgan fingerprint density at radius 3 is 2.40 bits per heavy atom. The molecule has 0 aliphatic carbocycles. The predicted molar refractivity (Wildman–Crippen MR) is 109 cm³/mol. The zero-order valence-corrected chi connectivity index (χ0v) is 17.5. The third-order valence-corrected chi connectivity index (χ3v) is 3.77. The molecule has 1 rings (SSSR count). The first-order chi connectivity index (χ1) is 11.4. The van der Waals surface area contributed by atoms with Crippen LogP contribution in [0, 0.1) is 0 Å². The molecular formula is C16H25F3IN3OS. The highest BCUT2D eigenvalue weighted by Gasteiger charge is 2.28. The van der Waals surface area contributed by atoms with Crippen LogP contribution in [0.2, 0.25) is 0 Å². The lowest BCUT2D eigenvalue weighted by atomic mass is 10.2. The second-order valence-corrected chi connectivity index (χ2v) is 6.09. The van der Waals surface area contributed by atoms with Crippen LogP contribution >= 0.6 is 35.7 Å². The van der Waals surface area contributed by atoms with Crippen LogP contribution in [0.25, 0.3) is 0 Å². The lowest BCUT2D eigenvalue weighted by Gasteiger charge is -2.12. The van der Waals surface area contributed by atoms with Gasteiger partial charge in [-0.25, -0.2) is 0 Å². The molecule has 0 radical (unpaired) electrons. The molecule has 0 atom stereocenters. The zero-order chi connectivity index (χ0) is 17.8. The molecule has 1 aromatic carbocycles. The van der Waals surface area contributed by atoms with Gasteiger partial charge in [0.2, 0.25) is 0 Å². The van der Waals surface area contributed by atoms with Gasteiger partial charge in [-0.3, -0.25) is 4.99 Å². The monoisotopic (exact) mass is 491 g/mol. The Balaban J connectivity index is 0.00000576. The highest BCUT2D eigenvalue weighted by atomic mass is 127. The maximum Gasteiger partial charge on any atom is 0.422 e. The summed E-state index contributed by atoms with van der Waals surface area (Å²) in [6, 6.07) is 6.51. The fourth-order valence-corrected chi connectivity index (χ4v) is 2.35. The van der Waals surface area contributed by atoms with Gasteiger partial charge in [-0.05, 0) is 42.5 Å². The number of guanidine groups is 1. The molecule has 25 heavy (non-hydrogen) atoms. The lowest BCUT2D eigenvalue weighted by molar-refractivity contribution is -0.153. The van der Waals surface area contributed by atoms with Crippen molar-refractivity contribution in [2.24, 2.45) is 4.99 Å². The molecule has 9 heteroatoms. The van der Waals surface area contributed by atoms with E-state index in [1.807, 2.05) is 11.8 Å². The molecule has 144 valence electrons. The zero-order valence-electron chi connectivity index (χ0n) is 14.4. The van der Waals surface area contributed by atoms with Crippen molar-refractivity contribution in [3.8, 4) is 5.75 Å². The quantitative estimate of drug-likeness (QED) is 0.237. The molecule has 0 aromatic heterocycles. The number of hydrogen-bond donors (Lipinski definition) is 2. The molecule has 0 amide bonds. The van der Waals surface area contributed by atoms with E-state index in [0.29, 0.717) is 12.5 Å². The average molecular weight is 491 g/mol. The van der Waals surface area contributed by atoms with Gasteiger partial charge in [0, 0.05) is 20.1 Å². The van der Waals surface area contributed by atoms with Gasteiger partial charge in [-0.2, -0.15) is 24.9 Å². The number of nitrogens with zero attached hydrogens (tertiary/aromatic N) is 1. The number of rotatable bonds is 9. The maximum absolute atomic E-state index is 12.1. The number of hydrogen-bond acceptors (Lipinski definition) is 3. The van der Waals surface area contributed by atoms with Crippen LogP contribution in [0.1, 0.15) is 18.4 Å². The number of halogens is 4. The van der Waals surface area contributed by atoms with E-state index in [9.17, 15) is 13.2 Å². The van der Waals surface area contributed by atoms with Gasteiger partial charge in [-0.15, -0.1) is 24.0 Å². The van der Waals surface area contributed by atoms with E-state index in [0.717, 1.165) is 30.7 Å². The van der Waals surface area contributed by atoms with Crippen molar-refractivity contribution in [3.05, 3.63) is 29.8 Å². The Morgan fingerprint density at radius 2 is 1.84 bits per heavy atom. The molecule has 0 saturated carbocycles. The third-order valence-electron chi connectivity index (χ3n) is 3.08. The summed E-state index contributed by atoms with van der Waals surface area (Å²) in [6.45, 7) is 0.103. The summed E-state index contributed by atoms with van der Waals surface area (Å²) < 4.78 is 40.9. The van der Waals surface area contributed by atoms with Crippen molar-refractivity contribution >= 4 is 41.7 Å². The van der Waals surface area contributed by atoms with Gasteiger partial charge in [0.15, 0.2) is 12.6 Å². The molecule has 2 N–H and O–H groups in total. The molecule has 0 heterocycles. The van der Waals surface area contributed by atoms with E-state index in [1.165, 1.54) is 12.1 Å². The summed E-state index contributed by atoms with van der Waals surface area (Å²) >= 11 is 1.83. The van der Waals surface area contributed by atoms with Crippen LogP contribution in [0.4, 0.5) is 13.2 Å². The molecule has 0 unspecified atom stereocenters. The van der Waals surface area contributed by atoms with E-state index in [4.69, 9.17) is 0 Å². The fourth-order valence-electron chi connectivity index (χ4n) is 1.85. The topological polar surface area (TPSA) is 45.7 Å². The van der Waals surface area contributed by atoms with Gasteiger partial charge in [0.1, 0.15) is 5.75 Å². The van der Waals surface area contributed by atoms with E-state index in [-0.39, 0.29) is 29.7 Å². The Hall–Kier alpha value is -0.840. The number of thioether (sulfide) groups is 1. The smallest absolute Gasteiger partial charge is 0.422 e. The lowest BCUT2D eigenvalue weighted by Crippen LogP contribution is -2.37. The van der Waals surface area contributed by atoms with Crippen LogP contribution in [-0.2, 0) is 6.54 Å². The first-order valence-corrected chi connectivity index (χ1v) is 9.06. The second-order valence-electron chi connectivity index (χ2n) is 5.10. The normalized spacial score (nSPS) is 11.6. The summed E-state index contributed by atoms with van der Waals surface area (Å²) in [5.41, 5.74) is 0.930. The van der Waals surface area contributed by atoms with E-state index >= 15 is 0 Å². The van der Waals surface area contributed by atoms with Crippen molar-refractivity contribution in [2.45, 2.75) is 25.6 Å². The SMILES string of the molecule is CN=C(NCCCCSC)NCc1ccc(OCC(F)(F)F)cc1.I. The van der Waals surface area contributed by atoms with Gasteiger partial charge in [0.25, 0.3) is 0 Å². The molecule has 0 spiro atoms. The number of nitrogens with one attached hydrogen (secondary N) is 2. The van der Waals surface area contributed by atoms with Crippen LogP contribution in [0.5, 0.6) is 5.75 Å². The average Bonchev–Trinajstić information content (AvgIpc) is 2.56. The molecule has 1 aromatic rings. The van der Waals surface area contributed by atoms with Crippen molar-refractivity contribution in [3.63, 3.8) is 0 Å². The van der Waals surface area contributed by atoms with E-state index in [1.54, 1.807) is 19.2 Å². The Kier molecular flexibility index (Phi) is 12.9. The minimum Gasteiger partial charge on any atom is -0.484 e. The van der Waals surface area contributed by atoms with Gasteiger partial charge in [0.05, 0.1) is 0 Å². The number of alkyl halides is 3. The van der Waals surface area contributed by atoms with E-state index < -0.39 is 12.8 Å². The van der Waals surface area contributed by atoms with Gasteiger partial charge in [-0.1, -0.05) is 12.1 Å². The van der Waals surface area contributed by atoms with Crippen LogP contribution in [0.15, 0.2) is 29.3 Å². The minimum atomic E-state index is -4.33. The van der Waals surface area contributed by atoms with Crippen LogP contribution in [0.3, 0.4) is 0 Å². The minimum absolute atomic E-state index is 0. The number of unbranched alkanes of at least 4 members (excludes halogenated alkanes) is 1. The second kappa shape index (κ2) is 13.4. The van der Waals surface area contributed by atoms with Crippen LogP contribution in [-0.4, -0.2) is 44.3 Å². The van der Waals surface area contributed by atoms with Crippen molar-refractivity contribution in [1.82, 2.24) is 10.6 Å². The largest absolute Gasteiger partial charge is 0.484 e. The summed E-state index contributed by atoms with van der Waals surface area (Å²) in [5.74, 6) is 2.06. The van der Waals surface area contributed by atoms with Crippen molar-refractivity contribution < 1.29 is 17.9 Å². The number of benzene rings is 1. The fraction of sp³-hybridized carbons (Fsp3) is 0.562. The first-order valence-electron chi connectivity index (χ1n) is 7.66. The maximum atomic E-state index is 12.1. The standard InChI is InChI=1S/C16H24F3N3OS.HI/c1-20-15(21-9-3-4-10-24-2)22-11-13-5-7-14(8-6-13)23-12-16(17,18)19;/h5-8H,3-4,9-12H2,1-2H3,(H2,20,21,22);1H. The Morgan fingerprint density at radius 1 is 1.16 bits per heavy atom. The summed E-state index contributed by atoms with van der Waals surface area (Å²) in [7, 11) is 1.70. The summed E-state index contributed by atoms with van der Waals surface area (Å²) in [6.07, 6.45) is -0.00110. The Bertz CT molecular complexity index is 498. The predicted octanol–water partition coefficient (Wildman–Crippen LogP) is 4.05. The van der Waals surface area contributed by atoms with Crippen molar-refractivity contribution in [2.75, 3.05) is 32.2 Å². The summed E-state index contributed by atoms with van der Waals surface area (Å²) in [5, 5.41) is 6.39. The van der Waals surface area contributed by atoms with Crippen molar-refractivity contribution in [1.29, 1.82) is 0 Å². The molecule has 0 bridgehead atoms. The van der Waals surface area contributed by atoms with Crippen LogP contribution < -0.4 is 15.4 Å². The molecule has 0 aliphatic heterocycles. The van der Waals surface area contributed by atoms with Gasteiger partial charge >= 0.3 is 6.18 Å². The molecule has 4 nitrogen and oxygen atoms in total. The van der Waals surface area contributed by atoms with E-state index in [2.05, 4.69) is 26.6 Å². The third kappa shape index (κ3) is 12.2. The molecular weight excluding hydrogens is 466 g/mol. The number of aliphatic imine (C=N–C) groups is 1. The van der Waals surface area contributed by atoms with Gasteiger partial charge < -0.3 is 15.4 Å². The molecule has 0 fully saturated rings. The first kappa shape index (κ1) is 24.2. The number of ether oxygens (including phenoxy) is 1. The Labute approximate surface area is 168 Å². The summed E-state index contributed by atoms with van der Waals surface area (Å²) in [4.78, 5) is 4.13. The molecule has 0 saturated heterocycles.